The fraction of sp³-hybridized carbons (Fsp3) is 0.158. The van der Waals surface area contributed by atoms with Gasteiger partial charge in [0.1, 0.15) is 29.4 Å². The fourth-order valence-electron chi connectivity index (χ4n) is 2.43. The third-order valence-electron chi connectivity index (χ3n) is 3.91. The van der Waals surface area contributed by atoms with Crippen molar-refractivity contribution in [2.45, 2.75) is 19.5 Å². The van der Waals surface area contributed by atoms with Gasteiger partial charge in [-0.3, -0.25) is 9.59 Å². The Morgan fingerprint density at radius 3 is 2.65 bits per heavy atom. The lowest BCUT2D eigenvalue weighted by Crippen LogP contribution is -2.33. The van der Waals surface area contributed by atoms with Crippen LogP contribution in [-0.2, 0) is 11.3 Å². The van der Waals surface area contributed by atoms with Crippen molar-refractivity contribution in [3.05, 3.63) is 64.5 Å². The van der Waals surface area contributed by atoms with E-state index in [0.29, 0.717) is 11.3 Å². The molecule has 3 rings (SSSR count). The summed E-state index contributed by atoms with van der Waals surface area (Å²) in [5, 5.41) is 22.0. The van der Waals surface area contributed by atoms with Crippen molar-refractivity contribution < 1.29 is 24.2 Å². The summed E-state index contributed by atoms with van der Waals surface area (Å²) in [5.74, 6) is -0.602. The summed E-state index contributed by atoms with van der Waals surface area (Å²) >= 11 is 0. The number of aliphatic carboxylic acids is 1. The molecule has 26 heavy (non-hydrogen) atoms. The smallest absolute Gasteiger partial charge is 0.320 e. The SMILES string of the molecule is C[C@@H](NCc1c(O)ccc2c(=O)c(Oc3ccccc3)coc12)C(=O)O. The second-order valence-corrected chi connectivity index (χ2v) is 5.72. The lowest BCUT2D eigenvalue weighted by molar-refractivity contribution is -0.139. The molecular weight excluding hydrogens is 338 g/mol. The number of hydrogen-bond donors (Lipinski definition) is 3. The van der Waals surface area contributed by atoms with Crippen molar-refractivity contribution >= 4 is 16.9 Å². The molecule has 7 nitrogen and oxygen atoms in total. The van der Waals surface area contributed by atoms with Gasteiger partial charge in [0.25, 0.3) is 0 Å². The molecule has 7 heteroatoms. The van der Waals surface area contributed by atoms with Crippen LogP contribution in [0.2, 0.25) is 0 Å². The van der Waals surface area contributed by atoms with Crippen LogP contribution in [0.5, 0.6) is 17.2 Å². The van der Waals surface area contributed by atoms with Crippen molar-refractivity contribution in [3.8, 4) is 17.2 Å². The zero-order valence-electron chi connectivity index (χ0n) is 13.9. The number of hydrogen-bond acceptors (Lipinski definition) is 6. The number of phenolic OH excluding ortho intramolecular Hbond substituents is 1. The van der Waals surface area contributed by atoms with Gasteiger partial charge in [-0.05, 0) is 31.2 Å². The number of carboxylic acid groups (broad SMARTS) is 1. The van der Waals surface area contributed by atoms with E-state index in [0.717, 1.165) is 0 Å². The Labute approximate surface area is 148 Å². The van der Waals surface area contributed by atoms with Crippen LogP contribution in [0, 0.1) is 0 Å². The first-order chi connectivity index (χ1) is 12.5. The van der Waals surface area contributed by atoms with E-state index >= 15 is 0 Å². The highest BCUT2D eigenvalue weighted by Gasteiger charge is 2.17. The summed E-state index contributed by atoms with van der Waals surface area (Å²) < 4.78 is 11.1. The molecule has 2 aromatic carbocycles. The Hall–Kier alpha value is -3.32. The molecule has 3 N–H and O–H groups in total. The first-order valence-electron chi connectivity index (χ1n) is 7.93. The first kappa shape index (κ1) is 17.5. The van der Waals surface area contributed by atoms with E-state index in [9.17, 15) is 14.7 Å². The number of benzene rings is 2. The highest BCUT2D eigenvalue weighted by atomic mass is 16.5. The van der Waals surface area contributed by atoms with E-state index in [1.54, 1.807) is 24.3 Å². The lowest BCUT2D eigenvalue weighted by atomic mass is 10.1. The summed E-state index contributed by atoms with van der Waals surface area (Å²) in [6.45, 7) is 1.50. The zero-order valence-corrected chi connectivity index (χ0v) is 13.9. The maximum Gasteiger partial charge on any atom is 0.320 e. The number of para-hydroxylation sites is 1. The van der Waals surface area contributed by atoms with E-state index in [1.165, 1.54) is 25.3 Å². The molecule has 0 amide bonds. The van der Waals surface area contributed by atoms with Crippen molar-refractivity contribution in [2.24, 2.45) is 0 Å². The van der Waals surface area contributed by atoms with E-state index in [1.807, 2.05) is 6.07 Å². The third-order valence-corrected chi connectivity index (χ3v) is 3.91. The largest absolute Gasteiger partial charge is 0.507 e. The molecule has 1 heterocycles. The van der Waals surface area contributed by atoms with Gasteiger partial charge in [-0.2, -0.15) is 0 Å². The van der Waals surface area contributed by atoms with Crippen LogP contribution in [0.15, 0.2) is 57.9 Å². The minimum atomic E-state index is -1.02. The van der Waals surface area contributed by atoms with Gasteiger partial charge in [0.15, 0.2) is 0 Å². The number of phenols is 1. The van der Waals surface area contributed by atoms with Gasteiger partial charge in [0.05, 0.1) is 10.9 Å². The number of carbonyl (C=O) groups is 1. The van der Waals surface area contributed by atoms with Crippen LogP contribution in [-0.4, -0.2) is 22.2 Å². The number of ether oxygens (including phenoxy) is 1. The topological polar surface area (TPSA) is 109 Å². The lowest BCUT2D eigenvalue weighted by Gasteiger charge is -2.12. The average Bonchev–Trinajstić information content (AvgIpc) is 2.63. The highest BCUT2D eigenvalue weighted by Crippen LogP contribution is 2.28. The summed E-state index contributed by atoms with van der Waals surface area (Å²) in [6.07, 6.45) is 1.18. The Morgan fingerprint density at radius 1 is 1.23 bits per heavy atom. The molecule has 0 saturated carbocycles. The van der Waals surface area contributed by atoms with Gasteiger partial charge in [-0.25, -0.2) is 0 Å². The predicted molar refractivity (Wildman–Crippen MR) is 94.6 cm³/mol. The predicted octanol–water partition coefficient (Wildman–Crippen LogP) is 2.85. The summed E-state index contributed by atoms with van der Waals surface area (Å²) in [7, 11) is 0. The molecule has 1 aromatic heterocycles. The van der Waals surface area contributed by atoms with Gasteiger partial charge >= 0.3 is 5.97 Å². The Balaban J connectivity index is 1.98. The molecule has 0 spiro atoms. The molecule has 0 bridgehead atoms. The minimum absolute atomic E-state index is 0.0206. The van der Waals surface area contributed by atoms with E-state index in [4.69, 9.17) is 14.3 Å². The van der Waals surface area contributed by atoms with Gasteiger partial charge in [0, 0.05) is 6.54 Å². The van der Waals surface area contributed by atoms with Crippen LogP contribution >= 0.6 is 0 Å². The second-order valence-electron chi connectivity index (χ2n) is 5.72. The van der Waals surface area contributed by atoms with E-state index in [2.05, 4.69) is 5.32 Å². The van der Waals surface area contributed by atoms with Crippen LogP contribution < -0.4 is 15.5 Å². The summed E-state index contributed by atoms with van der Waals surface area (Å²) in [4.78, 5) is 23.6. The van der Waals surface area contributed by atoms with E-state index in [-0.39, 0.29) is 34.4 Å². The van der Waals surface area contributed by atoms with E-state index < -0.39 is 12.0 Å². The van der Waals surface area contributed by atoms with Gasteiger partial charge in [-0.1, -0.05) is 18.2 Å². The maximum absolute atomic E-state index is 12.7. The number of carboxylic acids is 1. The summed E-state index contributed by atoms with van der Waals surface area (Å²) in [6, 6.07) is 10.8. The minimum Gasteiger partial charge on any atom is -0.507 e. The van der Waals surface area contributed by atoms with Crippen LogP contribution in [0.4, 0.5) is 0 Å². The third kappa shape index (κ3) is 3.52. The standard InChI is InChI=1S/C19H17NO6/c1-11(19(23)24)20-9-14-15(21)8-7-13-17(22)16(10-25-18(13)14)26-12-5-3-2-4-6-12/h2-8,10-11,20-21H,9H2,1H3,(H,23,24)/t11-/m1/s1. The molecule has 0 aliphatic rings. The van der Waals surface area contributed by atoms with Gasteiger partial charge in [0.2, 0.25) is 11.2 Å². The Kier molecular flexibility index (Phi) is 4.90. The highest BCUT2D eigenvalue weighted by molar-refractivity contribution is 5.83. The number of aromatic hydroxyl groups is 1. The zero-order chi connectivity index (χ0) is 18.7. The number of nitrogens with one attached hydrogen (secondary N) is 1. The number of rotatable bonds is 6. The second kappa shape index (κ2) is 7.28. The van der Waals surface area contributed by atoms with Crippen molar-refractivity contribution in [2.75, 3.05) is 0 Å². The molecule has 134 valence electrons. The molecule has 3 aromatic rings. The molecule has 0 unspecified atom stereocenters. The quantitative estimate of drug-likeness (QED) is 0.624. The molecule has 1 atom stereocenters. The van der Waals surface area contributed by atoms with Gasteiger partial charge < -0.3 is 24.7 Å². The monoisotopic (exact) mass is 355 g/mol. The van der Waals surface area contributed by atoms with Crippen LogP contribution in [0.1, 0.15) is 12.5 Å². The molecule has 0 radical (unpaired) electrons. The molecule has 0 saturated heterocycles. The molecular formula is C19H17NO6. The van der Waals surface area contributed by atoms with Crippen molar-refractivity contribution in [3.63, 3.8) is 0 Å². The van der Waals surface area contributed by atoms with Gasteiger partial charge in [-0.15, -0.1) is 0 Å². The molecule has 0 fully saturated rings. The molecule has 0 aliphatic carbocycles. The van der Waals surface area contributed by atoms with Crippen LogP contribution in [0.25, 0.3) is 11.0 Å². The normalized spacial score (nSPS) is 12.0. The summed E-state index contributed by atoms with van der Waals surface area (Å²) in [5.41, 5.74) is 0.0992. The maximum atomic E-state index is 12.7. The Morgan fingerprint density at radius 2 is 1.96 bits per heavy atom. The van der Waals surface area contributed by atoms with Crippen molar-refractivity contribution in [1.82, 2.24) is 5.32 Å². The number of fused-ring (bicyclic) bond motifs is 1. The van der Waals surface area contributed by atoms with Crippen LogP contribution in [0.3, 0.4) is 0 Å². The Bertz CT molecular complexity index is 996. The average molecular weight is 355 g/mol. The molecule has 0 aliphatic heterocycles. The fourth-order valence-corrected chi connectivity index (χ4v) is 2.43. The van der Waals surface area contributed by atoms with Crippen molar-refractivity contribution in [1.29, 1.82) is 0 Å². The first-order valence-corrected chi connectivity index (χ1v) is 7.93.